The van der Waals surface area contributed by atoms with Crippen LogP contribution in [0.4, 0.5) is 0 Å². The highest BCUT2D eigenvalue weighted by Gasteiger charge is 2.33. The van der Waals surface area contributed by atoms with Gasteiger partial charge in [-0.25, -0.2) is 0 Å². The lowest BCUT2D eigenvalue weighted by Crippen LogP contribution is -2.48. The maximum absolute atomic E-state index is 13.4. The fraction of sp³-hybridized carbons (Fsp3) is 0.500. The molecule has 1 aliphatic rings. The first-order valence-corrected chi connectivity index (χ1v) is 12.5. The molecule has 0 radical (unpaired) electrons. The third kappa shape index (κ3) is 7.30. The van der Waals surface area contributed by atoms with Gasteiger partial charge in [0.05, 0.1) is 38.5 Å². The van der Waals surface area contributed by atoms with E-state index < -0.39 is 6.10 Å². The molecule has 1 aromatic carbocycles. The van der Waals surface area contributed by atoms with Crippen molar-refractivity contribution in [1.82, 2.24) is 9.80 Å². The van der Waals surface area contributed by atoms with Crippen molar-refractivity contribution < 1.29 is 24.1 Å². The summed E-state index contributed by atoms with van der Waals surface area (Å²) in [5, 5.41) is 12.4. The average molecular weight is 489 g/mol. The molecule has 0 saturated heterocycles. The summed E-state index contributed by atoms with van der Waals surface area (Å²) in [5.74, 6) is 1.52. The summed E-state index contributed by atoms with van der Waals surface area (Å²) in [7, 11) is 1.63. The molecule has 0 bridgehead atoms. The van der Waals surface area contributed by atoms with Crippen LogP contribution in [0.25, 0.3) is 0 Å². The highest BCUT2D eigenvalue weighted by molar-refractivity contribution is 7.10. The summed E-state index contributed by atoms with van der Waals surface area (Å²) in [6, 6.07) is 9.39. The number of rotatable bonds is 13. The summed E-state index contributed by atoms with van der Waals surface area (Å²) < 4.78 is 16.8. The fourth-order valence-corrected chi connectivity index (χ4v) is 4.97. The summed E-state index contributed by atoms with van der Waals surface area (Å²) in [6.45, 7) is 9.97. The van der Waals surface area contributed by atoms with Gasteiger partial charge in [-0.05, 0) is 61.5 Å². The van der Waals surface area contributed by atoms with Gasteiger partial charge in [0.15, 0.2) is 0 Å². The first-order chi connectivity index (χ1) is 16.4. The van der Waals surface area contributed by atoms with Crippen LogP contribution in [-0.4, -0.2) is 79.5 Å². The van der Waals surface area contributed by atoms with Crippen LogP contribution >= 0.6 is 11.3 Å². The van der Waals surface area contributed by atoms with Crippen molar-refractivity contribution >= 4 is 17.2 Å². The molecule has 0 fully saturated rings. The van der Waals surface area contributed by atoms with E-state index in [2.05, 4.69) is 18.0 Å². The molecular weight excluding hydrogens is 452 g/mol. The third-order valence-corrected chi connectivity index (χ3v) is 6.72. The van der Waals surface area contributed by atoms with E-state index in [0.717, 1.165) is 23.5 Å². The standard InChI is InChI=1S/C26H36N2O5S/c1-5-12-27(15-20(29)17-32-19(2)3)16-26(30)28-13-10-25-23(11-14-34-25)24(28)18-33-22-8-6-21(31-4)7-9-22/h5-9,11,14,19-20,24,29H,1,10,12-13,15-18H2,2-4H3/t20-,24+/m1/s1. The lowest BCUT2D eigenvalue weighted by Gasteiger charge is -2.37. The second kappa shape index (κ2) is 12.9. The van der Waals surface area contributed by atoms with Crippen LogP contribution in [0, 0.1) is 0 Å². The van der Waals surface area contributed by atoms with Crippen LogP contribution in [-0.2, 0) is 16.0 Å². The minimum atomic E-state index is -0.672. The van der Waals surface area contributed by atoms with Crippen LogP contribution < -0.4 is 9.47 Å². The van der Waals surface area contributed by atoms with Gasteiger partial charge in [-0.3, -0.25) is 9.69 Å². The van der Waals surface area contributed by atoms with Crippen molar-refractivity contribution in [2.24, 2.45) is 0 Å². The third-order valence-electron chi connectivity index (χ3n) is 5.72. The van der Waals surface area contributed by atoms with E-state index in [1.165, 1.54) is 4.88 Å². The Labute approximate surface area is 206 Å². The number of benzene rings is 1. The van der Waals surface area contributed by atoms with Crippen LogP contribution in [0.3, 0.4) is 0 Å². The van der Waals surface area contributed by atoms with Gasteiger partial charge in [0.1, 0.15) is 18.1 Å². The highest BCUT2D eigenvalue weighted by atomic mass is 32.1. The van der Waals surface area contributed by atoms with Gasteiger partial charge in [-0.1, -0.05) is 6.08 Å². The molecule has 0 saturated carbocycles. The zero-order valence-corrected chi connectivity index (χ0v) is 21.1. The Hall–Kier alpha value is -2.39. The maximum Gasteiger partial charge on any atom is 0.237 e. The largest absolute Gasteiger partial charge is 0.497 e. The number of nitrogens with zero attached hydrogens (tertiary/aromatic N) is 2. The van der Waals surface area contributed by atoms with Crippen molar-refractivity contribution in [3.8, 4) is 11.5 Å². The van der Waals surface area contributed by atoms with Gasteiger partial charge in [0, 0.05) is 24.5 Å². The van der Waals surface area contributed by atoms with E-state index in [1.54, 1.807) is 24.5 Å². The average Bonchev–Trinajstić information content (AvgIpc) is 3.30. The number of ether oxygens (including phenoxy) is 3. The first-order valence-electron chi connectivity index (χ1n) is 11.7. The molecular formula is C26H36N2O5S. The molecule has 0 unspecified atom stereocenters. The van der Waals surface area contributed by atoms with E-state index in [0.29, 0.717) is 26.2 Å². The Bertz CT molecular complexity index is 914. The quantitative estimate of drug-likeness (QED) is 0.435. The number of carbonyl (C=O) groups excluding carboxylic acids is 1. The molecule has 7 nitrogen and oxygen atoms in total. The van der Waals surface area contributed by atoms with Crippen LogP contribution in [0.2, 0.25) is 0 Å². The highest BCUT2D eigenvalue weighted by Crippen LogP contribution is 2.34. The molecule has 2 aromatic rings. The Kier molecular flexibility index (Phi) is 9.95. The number of methoxy groups -OCH3 is 1. The molecule has 1 aromatic heterocycles. The molecule has 2 atom stereocenters. The van der Waals surface area contributed by atoms with Gasteiger partial charge < -0.3 is 24.2 Å². The fourth-order valence-electron chi connectivity index (χ4n) is 4.04. The van der Waals surface area contributed by atoms with Crippen LogP contribution in [0.5, 0.6) is 11.5 Å². The zero-order valence-electron chi connectivity index (χ0n) is 20.3. The minimum Gasteiger partial charge on any atom is -0.497 e. The summed E-state index contributed by atoms with van der Waals surface area (Å²) in [6.07, 6.45) is 1.96. The lowest BCUT2D eigenvalue weighted by atomic mass is 10.0. The predicted octanol–water partition coefficient (Wildman–Crippen LogP) is 3.54. The number of aliphatic hydroxyl groups excluding tert-OH is 1. The van der Waals surface area contributed by atoms with Crippen molar-refractivity contribution in [3.63, 3.8) is 0 Å². The second-order valence-corrected chi connectivity index (χ2v) is 9.66. The van der Waals surface area contributed by atoms with E-state index in [9.17, 15) is 9.90 Å². The Morgan fingerprint density at radius 2 is 2.03 bits per heavy atom. The van der Waals surface area contributed by atoms with Gasteiger partial charge >= 0.3 is 0 Å². The van der Waals surface area contributed by atoms with E-state index in [1.807, 2.05) is 47.9 Å². The molecule has 186 valence electrons. The molecule has 1 N–H and O–H groups in total. The Balaban J connectivity index is 1.67. The number of carbonyl (C=O) groups is 1. The monoisotopic (exact) mass is 488 g/mol. The maximum atomic E-state index is 13.4. The van der Waals surface area contributed by atoms with Gasteiger partial charge in [-0.2, -0.15) is 0 Å². The number of amides is 1. The van der Waals surface area contributed by atoms with Crippen molar-refractivity contribution in [3.05, 3.63) is 58.8 Å². The van der Waals surface area contributed by atoms with Gasteiger partial charge in [-0.15, -0.1) is 17.9 Å². The predicted molar refractivity (Wildman–Crippen MR) is 135 cm³/mol. The van der Waals surface area contributed by atoms with Crippen molar-refractivity contribution in [2.75, 3.05) is 46.5 Å². The topological polar surface area (TPSA) is 71.5 Å². The van der Waals surface area contributed by atoms with Crippen molar-refractivity contribution in [1.29, 1.82) is 0 Å². The minimum absolute atomic E-state index is 0.0130. The molecule has 2 heterocycles. The lowest BCUT2D eigenvalue weighted by molar-refractivity contribution is -0.136. The zero-order chi connectivity index (χ0) is 24.5. The summed E-state index contributed by atoms with van der Waals surface area (Å²) in [5.41, 5.74) is 1.15. The number of aliphatic hydroxyl groups is 1. The molecule has 0 aliphatic carbocycles. The number of fused-ring (bicyclic) bond motifs is 1. The molecule has 1 amide bonds. The van der Waals surface area contributed by atoms with Gasteiger partial charge in [0.2, 0.25) is 5.91 Å². The smallest absolute Gasteiger partial charge is 0.237 e. The normalized spacial score (nSPS) is 16.4. The summed E-state index contributed by atoms with van der Waals surface area (Å²) >= 11 is 1.73. The number of thiophene rings is 1. The van der Waals surface area contributed by atoms with Crippen LogP contribution in [0.1, 0.15) is 30.3 Å². The second-order valence-electron chi connectivity index (χ2n) is 8.66. The van der Waals surface area contributed by atoms with E-state index in [-0.39, 0.29) is 31.2 Å². The molecule has 3 rings (SSSR count). The first kappa shape index (κ1) is 26.2. The van der Waals surface area contributed by atoms with Crippen LogP contribution in [0.15, 0.2) is 48.4 Å². The van der Waals surface area contributed by atoms with Crippen molar-refractivity contribution in [2.45, 2.75) is 38.5 Å². The Morgan fingerprint density at radius 1 is 1.29 bits per heavy atom. The van der Waals surface area contributed by atoms with E-state index in [4.69, 9.17) is 14.2 Å². The SMILES string of the molecule is C=CCN(CC(=O)N1CCc2sccc2[C@@H]1COc1ccc(OC)cc1)C[C@@H](O)COC(C)C. The molecule has 1 aliphatic heterocycles. The summed E-state index contributed by atoms with van der Waals surface area (Å²) in [4.78, 5) is 18.6. The van der Waals surface area contributed by atoms with Gasteiger partial charge in [0.25, 0.3) is 0 Å². The van der Waals surface area contributed by atoms with E-state index >= 15 is 0 Å². The molecule has 0 spiro atoms. The molecule has 34 heavy (non-hydrogen) atoms. The molecule has 8 heteroatoms. The number of hydrogen-bond donors (Lipinski definition) is 1. The number of hydrogen-bond acceptors (Lipinski definition) is 7. The Morgan fingerprint density at radius 3 is 2.71 bits per heavy atom.